The molecule has 10 nitrogen and oxygen atoms in total. The highest BCUT2D eigenvalue weighted by Gasteiger charge is 2.32. The fourth-order valence-electron chi connectivity index (χ4n) is 7.74. The lowest BCUT2D eigenvalue weighted by Gasteiger charge is -2.35. The van der Waals surface area contributed by atoms with E-state index in [0.29, 0.717) is 17.8 Å². The van der Waals surface area contributed by atoms with Crippen LogP contribution in [0.15, 0.2) is 47.2 Å². The number of methoxy groups -OCH3 is 2. The Morgan fingerprint density at radius 2 is 1.62 bits per heavy atom. The van der Waals surface area contributed by atoms with Gasteiger partial charge in [0.05, 0.1) is 14.2 Å². The van der Waals surface area contributed by atoms with E-state index in [1.807, 2.05) is 23.2 Å². The van der Waals surface area contributed by atoms with Crippen LogP contribution in [0, 0.1) is 18.8 Å². The second kappa shape index (κ2) is 16.9. The average molecular weight is 686 g/mol. The van der Waals surface area contributed by atoms with Crippen molar-refractivity contribution in [3.63, 3.8) is 0 Å². The molecular formula is C40H55N5O5. The van der Waals surface area contributed by atoms with Gasteiger partial charge in [-0.1, -0.05) is 31.4 Å². The molecule has 1 saturated heterocycles. The molecule has 3 saturated carbocycles. The van der Waals surface area contributed by atoms with Crippen LogP contribution in [0.1, 0.15) is 99.5 Å². The summed E-state index contributed by atoms with van der Waals surface area (Å²) >= 11 is 0. The van der Waals surface area contributed by atoms with Crippen LogP contribution in [0.2, 0.25) is 0 Å². The van der Waals surface area contributed by atoms with E-state index in [1.54, 1.807) is 18.3 Å². The van der Waals surface area contributed by atoms with Crippen LogP contribution in [0.4, 0.5) is 10.6 Å². The number of anilines is 1. The van der Waals surface area contributed by atoms with Crippen molar-refractivity contribution in [3.05, 3.63) is 59.8 Å². The number of ether oxygens (including phenoxy) is 2. The molecule has 10 heteroatoms. The number of nitrogens with zero attached hydrogens (tertiary/aromatic N) is 5. The molecule has 4 aliphatic rings. The number of aromatic nitrogens is 2. The van der Waals surface area contributed by atoms with Gasteiger partial charge in [0, 0.05) is 56.3 Å². The highest BCUT2D eigenvalue weighted by Crippen LogP contribution is 2.41. The molecule has 2 aromatic heterocycles. The summed E-state index contributed by atoms with van der Waals surface area (Å²) in [6, 6.07) is 10.6. The third kappa shape index (κ3) is 9.05. The maximum Gasteiger partial charge on any atom is 0.409 e. The number of amides is 2. The van der Waals surface area contributed by atoms with Crippen LogP contribution in [0.25, 0.3) is 11.3 Å². The smallest absolute Gasteiger partial charge is 0.409 e. The van der Waals surface area contributed by atoms with Gasteiger partial charge in [-0.15, -0.1) is 0 Å². The van der Waals surface area contributed by atoms with Crippen LogP contribution < -0.4 is 9.64 Å². The Kier molecular flexibility index (Phi) is 12.1. The van der Waals surface area contributed by atoms with Gasteiger partial charge < -0.3 is 23.7 Å². The first kappa shape index (κ1) is 35.9. The summed E-state index contributed by atoms with van der Waals surface area (Å²) in [5.74, 6) is 4.43. The van der Waals surface area contributed by atoms with Gasteiger partial charge in [0.15, 0.2) is 5.89 Å². The molecule has 7 rings (SSSR count). The second-order valence-electron chi connectivity index (χ2n) is 14.7. The number of benzene rings is 1. The van der Waals surface area contributed by atoms with Gasteiger partial charge in [-0.05, 0) is 106 Å². The molecule has 0 N–H and O–H groups in total. The maximum absolute atomic E-state index is 13.9. The van der Waals surface area contributed by atoms with Gasteiger partial charge in [0.1, 0.15) is 23.5 Å². The number of likely N-dealkylation sites (N-methyl/N-ethyl adjacent to an activating group) is 1. The lowest BCUT2D eigenvalue weighted by molar-refractivity contribution is -0.123. The molecule has 4 fully saturated rings. The predicted molar refractivity (Wildman–Crippen MR) is 195 cm³/mol. The SMILES string of the molecule is COC(=O)N1CCN(C)CC1.COc1ccc(C2CCC(CN(C(=O)C3CCCCC3)c3cc(-c4coc(C5CC5)n4)ccn3)CC2)cc1C. The zero-order valence-corrected chi connectivity index (χ0v) is 30.4. The molecule has 3 aromatic rings. The molecule has 0 radical (unpaired) electrons. The van der Waals surface area contributed by atoms with Gasteiger partial charge in [-0.2, -0.15) is 0 Å². The third-order valence-corrected chi connectivity index (χ3v) is 11.1. The molecule has 2 amide bonds. The standard InChI is InChI=1S/C33H41N3O3.C7H14N2O2/c1-22-18-27(14-15-30(22)38-2)24-10-8-23(9-11-24)20-36(33(37)26-6-4-3-5-7-26)31-19-28(16-17-34-31)29-21-39-32(35-29)25-12-13-25;1-8-3-5-9(6-4-8)7(10)11-2/h14-19,21,23-26H,3-13,20H2,1-2H3;3-6H2,1-2H3. The minimum Gasteiger partial charge on any atom is -0.496 e. The van der Waals surface area contributed by atoms with E-state index in [0.717, 1.165) is 126 Å². The summed E-state index contributed by atoms with van der Waals surface area (Å²) in [6.45, 7) is 6.30. The summed E-state index contributed by atoms with van der Waals surface area (Å²) in [5.41, 5.74) is 4.41. The Morgan fingerprint density at radius 1 is 0.900 bits per heavy atom. The van der Waals surface area contributed by atoms with Gasteiger partial charge in [0.25, 0.3) is 0 Å². The number of hydrogen-bond acceptors (Lipinski definition) is 8. The highest BCUT2D eigenvalue weighted by atomic mass is 16.5. The molecule has 3 aliphatic carbocycles. The monoisotopic (exact) mass is 685 g/mol. The first-order valence-corrected chi connectivity index (χ1v) is 18.7. The Bertz CT molecular complexity index is 1570. The minimum atomic E-state index is -0.210. The van der Waals surface area contributed by atoms with E-state index >= 15 is 0 Å². The summed E-state index contributed by atoms with van der Waals surface area (Å²) in [7, 11) is 5.20. The van der Waals surface area contributed by atoms with Gasteiger partial charge in [-0.25, -0.2) is 14.8 Å². The zero-order chi connectivity index (χ0) is 35.0. The molecule has 50 heavy (non-hydrogen) atoms. The van der Waals surface area contributed by atoms with Crippen LogP contribution in [0.3, 0.4) is 0 Å². The number of rotatable bonds is 8. The second-order valence-corrected chi connectivity index (χ2v) is 14.7. The van der Waals surface area contributed by atoms with Crippen molar-refractivity contribution in [1.82, 2.24) is 19.8 Å². The molecule has 0 bridgehead atoms. The van der Waals surface area contributed by atoms with E-state index in [-0.39, 0.29) is 17.9 Å². The molecular weight excluding hydrogens is 630 g/mol. The quantitative estimate of drug-likeness (QED) is 0.237. The van der Waals surface area contributed by atoms with Crippen LogP contribution in [-0.4, -0.2) is 85.8 Å². The van der Waals surface area contributed by atoms with E-state index in [2.05, 4.69) is 41.8 Å². The van der Waals surface area contributed by atoms with Crippen molar-refractivity contribution in [1.29, 1.82) is 0 Å². The first-order chi connectivity index (χ1) is 24.3. The number of pyridine rings is 1. The van der Waals surface area contributed by atoms with E-state index < -0.39 is 0 Å². The number of hydrogen-bond donors (Lipinski definition) is 0. The van der Waals surface area contributed by atoms with Crippen LogP contribution in [-0.2, 0) is 9.53 Å². The van der Waals surface area contributed by atoms with Crippen molar-refractivity contribution in [3.8, 4) is 17.0 Å². The Balaban J connectivity index is 0.000000336. The van der Waals surface area contributed by atoms with E-state index in [1.165, 1.54) is 24.7 Å². The lowest BCUT2D eigenvalue weighted by atomic mass is 9.78. The van der Waals surface area contributed by atoms with Crippen molar-refractivity contribution in [2.45, 2.75) is 89.4 Å². The van der Waals surface area contributed by atoms with Crippen LogP contribution in [0.5, 0.6) is 5.75 Å². The largest absolute Gasteiger partial charge is 0.496 e. The Hall–Kier alpha value is -3.92. The van der Waals surface area contributed by atoms with E-state index in [4.69, 9.17) is 19.1 Å². The maximum atomic E-state index is 13.9. The van der Waals surface area contributed by atoms with E-state index in [9.17, 15) is 9.59 Å². The fourth-order valence-corrected chi connectivity index (χ4v) is 7.74. The number of oxazole rings is 1. The molecule has 0 unspecified atom stereocenters. The summed E-state index contributed by atoms with van der Waals surface area (Å²) in [5, 5.41) is 0. The van der Waals surface area contributed by atoms with Crippen molar-refractivity contribution in [2.75, 3.05) is 58.9 Å². The molecule has 3 heterocycles. The molecule has 270 valence electrons. The van der Waals surface area contributed by atoms with Crippen molar-refractivity contribution >= 4 is 17.8 Å². The summed E-state index contributed by atoms with van der Waals surface area (Å²) in [6.07, 6.45) is 15.7. The molecule has 1 aliphatic heterocycles. The topological polar surface area (TPSA) is 101 Å². The lowest BCUT2D eigenvalue weighted by Crippen LogP contribution is -2.47. The predicted octanol–water partition coefficient (Wildman–Crippen LogP) is 7.82. The highest BCUT2D eigenvalue weighted by molar-refractivity contribution is 5.94. The Morgan fingerprint density at radius 3 is 2.28 bits per heavy atom. The van der Waals surface area contributed by atoms with Crippen molar-refractivity contribution in [2.24, 2.45) is 11.8 Å². The summed E-state index contributed by atoms with van der Waals surface area (Å²) < 4.78 is 15.8. The van der Waals surface area contributed by atoms with Gasteiger partial charge >= 0.3 is 6.09 Å². The number of carbonyl (C=O) groups is 2. The zero-order valence-electron chi connectivity index (χ0n) is 30.4. The first-order valence-electron chi connectivity index (χ1n) is 18.7. The summed E-state index contributed by atoms with van der Waals surface area (Å²) in [4.78, 5) is 40.3. The van der Waals surface area contributed by atoms with Crippen molar-refractivity contribution < 1.29 is 23.5 Å². The third-order valence-electron chi connectivity index (χ3n) is 11.1. The van der Waals surface area contributed by atoms with Gasteiger partial charge in [-0.3, -0.25) is 9.69 Å². The van der Waals surface area contributed by atoms with Gasteiger partial charge in [0.2, 0.25) is 5.91 Å². The molecule has 1 aromatic carbocycles. The minimum absolute atomic E-state index is 0.108. The molecule has 0 spiro atoms. The normalized spacial score (nSPS) is 21.6. The molecule has 0 atom stereocenters. The average Bonchev–Trinajstić information content (AvgIpc) is 3.90. The number of piperazine rings is 1. The van der Waals surface area contributed by atoms with Crippen LogP contribution >= 0.6 is 0 Å². The Labute approximate surface area is 297 Å². The number of carbonyl (C=O) groups excluding carboxylic acids is 2. The number of aryl methyl sites for hydroxylation is 1. The fraction of sp³-hybridized carbons (Fsp3) is 0.600.